The van der Waals surface area contributed by atoms with E-state index < -0.39 is 0 Å². The zero-order chi connectivity index (χ0) is 14.5. The van der Waals surface area contributed by atoms with Crippen molar-refractivity contribution in [2.24, 2.45) is 5.92 Å². The summed E-state index contributed by atoms with van der Waals surface area (Å²) in [4.78, 5) is 2.79. The molecule has 1 saturated carbocycles. The lowest BCUT2D eigenvalue weighted by Gasteiger charge is -2.41. The first-order chi connectivity index (χ1) is 10.3. The van der Waals surface area contributed by atoms with Gasteiger partial charge in [0.25, 0.3) is 0 Å². The molecule has 1 N–H and O–H groups in total. The Bertz CT molecular complexity index is 417. The van der Waals surface area contributed by atoms with E-state index >= 15 is 0 Å². The van der Waals surface area contributed by atoms with Crippen molar-refractivity contribution in [1.82, 2.24) is 10.2 Å². The lowest BCUT2D eigenvalue weighted by atomic mass is 9.93. The molecule has 1 aliphatic carbocycles. The summed E-state index contributed by atoms with van der Waals surface area (Å²) in [6, 6.07) is 12.4. The molecule has 3 unspecified atom stereocenters. The van der Waals surface area contributed by atoms with Crippen LogP contribution in [0.15, 0.2) is 30.3 Å². The number of nitrogens with one attached hydrogen (secondary N) is 1. The van der Waals surface area contributed by atoms with E-state index in [0.29, 0.717) is 6.04 Å². The highest BCUT2D eigenvalue weighted by Crippen LogP contribution is 2.28. The van der Waals surface area contributed by atoms with Crippen molar-refractivity contribution in [3.63, 3.8) is 0 Å². The Morgan fingerprint density at radius 3 is 2.76 bits per heavy atom. The van der Waals surface area contributed by atoms with Gasteiger partial charge in [0.1, 0.15) is 0 Å². The summed E-state index contributed by atoms with van der Waals surface area (Å²) in [7, 11) is 0. The first-order valence-electron chi connectivity index (χ1n) is 8.84. The fourth-order valence-corrected chi connectivity index (χ4v) is 4.20. The highest BCUT2D eigenvalue weighted by molar-refractivity contribution is 5.16. The Hall–Kier alpha value is -0.860. The molecule has 1 aromatic carbocycles. The first-order valence-corrected chi connectivity index (χ1v) is 8.84. The molecular formula is C19H30N2. The third-order valence-electron chi connectivity index (χ3n) is 5.40. The van der Waals surface area contributed by atoms with E-state index in [2.05, 4.69) is 47.5 Å². The van der Waals surface area contributed by atoms with E-state index in [4.69, 9.17) is 0 Å². The van der Waals surface area contributed by atoms with E-state index in [1.807, 2.05) is 0 Å². The van der Waals surface area contributed by atoms with Crippen LogP contribution >= 0.6 is 0 Å². The maximum absolute atomic E-state index is 3.73. The quantitative estimate of drug-likeness (QED) is 0.856. The zero-order valence-electron chi connectivity index (χ0n) is 13.4. The van der Waals surface area contributed by atoms with Crippen molar-refractivity contribution < 1.29 is 0 Å². The number of hydrogen-bond donors (Lipinski definition) is 1. The van der Waals surface area contributed by atoms with Crippen LogP contribution < -0.4 is 5.32 Å². The van der Waals surface area contributed by atoms with Gasteiger partial charge in [-0.1, -0.05) is 56.5 Å². The Labute approximate surface area is 129 Å². The summed E-state index contributed by atoms with van der Waals surface area (Å²) >= 11 is 0. The topological polar surface area (TPSA) is 15.3 Å². The molecule has 2 heteroatoms. The lowest BCUT2D eigenvalue weighted by molar-refractivity contribution is 0.102. The molecule has 2 fully saturated rings. The maximum Gasteiger partial charge on any atom is 0.0236 e. The van der Waals surface area contributed by atoms with Crippen LogP contribution in [0.2, 0.25) is 0 Å². The Morgan fingerprint density at radius 2 is 1.90 bits per heavy atom. The second kappa shape index (κ2) is 7.42. The fourth-order valence-electron chi connectivity index (χ4n) is 4.20. The zero-order valence-corrected chi connectivity index (χ0v) is 13.4. The Kier molecular flexibility index (Phi) is 5.32. The molecule has 0 spiro atoms. The van der Waals surface area contributed by atoms with Crippen molar-refractivity contribution >= 4 is 0 Å². The summed E-state index contributed by atoms with van der Waals surface area (Å²) in [6.07, 6.45) is 8.33. The van der Waals surface area contributed by atoms with Crippen LogP contribution in [0.3, 0.4) is 0 Å². The minimum absolute atomic E-state index is 0.622. The normalized spacial score (nSPS) is 31.8. The summed E-state index contributed by atoms with van der Waals surface area (Å²) in [5.74, 6) is 0.878. The summed E-state index contributed by atoms with van der Waals surface area (Å²) < 4.78 is 0. The van der Waals surface area contributed by atoms with Crippen LogP contribution in [0.5, 0.6) is 0 Å². The van der Waals surface area contributed by atoms with Gasteiger partial charge in [-0.15, -0.1) is 0 Å². The number of nitrogens with zero attached hydrogens (tertiary/aromatic N) is 1. The Balaban J connectivity index is 1.59. The van der Waals surface area contributed by atoms with Crippen molar-refractivity contribution in [2.75, 3.05) is 19.6 Å². The van der Waals surface area contributed by atoms with Crippen molar-refractivity contribution in [3.8, 4) is 0 Å². The second-order valence-electron chi connectivity index (χ2n) is 7.02. The number of rotatable bonds is 3. The maximum atomic E-state index is 3.73. The minimum Gasteiger partial charge on any atom is -0.311 e. The van der Waals surface area contributed by atoms with Crippen LogP contribution in [0.25, 0.3) is 0 Å². The molecule has 0 amide bonds. The molecule has 1 heterocycles. The van der Waals surface area contributed by atoms with Gasteiger partial charge < -0.3 is 5.32 Å². The molecule has 2 aliphatic rings. The molecule has 1 aromatic rings. The van der Waals surface area contributed by atoms with E-state index in [-0.39, 0.29) is 0 Å². The standard InChI is InChI=1S/C19H30N2/c1-16-8-4-2-7-11-19(16)21-13-12-20-18(15-21)14-17-9-5-3-6-10-17/h3,5-6,9-10,16,18-20H,2,4,7-8,11-15H2,1H3. The highest BCUT2D eigenvalue weighted by Gasteiger charge is 2.29. The molecule has 116 valence electrons. The van der Waals surface area contributed by atoms with Crippen molar-refractivity contribution in [3.05, 3.63) is 35.9 Å². The summed E-state index contributed by atoms with van der Waals surface area (Å²) in [6.45, 7) is 6.09. The highest BCUT2D eigenvalue weighted by atomic mass is 15.2. The second-order valence-corrected chi connectivity index (χ2v) is 7.02. The van der Waals surface area contributed by atoms with Gasteiger partial charge in [-0.3, -0.25) is 4.90 Å². The monoisotopic (exact) mass is 286 g/mol. The van der Waals surface area contributed by atoms with Gasteiger partial charge in [0.05, 0.1) is 0 Å². The average Bonchev–Trinajstić information content (AvgIpc) is 2.73. The first kappa shape index (κ1) is 15.1. The van der Waals surface area contributed by atoms with Gasteiger partial charge in [0.2, 0.25) is 0 Å². The molecule has 1 aliphatic heterocycles. The van der Waals surface area contributed by atoms with Crippen LogP contribution in [-0.2, 0) is 6.42 Å². The van der Waals surface area contributed by atoms with Gasteiger partial charge in [0, 0.05) is 31.7 Å². The molecule has 0 radical (unpaired) electrons. The third-order valence-corrected chi connectivity index (χ3v) is 5.40. The van der Waals surface area contributed by atoms with Crippen molar-refractivity contribution in [1.29, 1.82) is 0 Å². The molecule has 3 atom stereocenters. The van der Waals surface area contributed by atoms with Crippen molar-refractivity contribution in [2.45, 2.75) is 57.5 Å². The van der Waals surface area contributed by atoms with Gasteiger partial charge in [-0.05, 0) is 30.7 Å². The molecule has 1 saturated heterocycles. The lowest BCUT2D eigenvalue weighted by Crippen LogP contribution is -2.55. The van der Waals surface area contributed by atoms with Crippen LogP contribution in [0.1, 0.15) is 44.6 Å². The van der Waals surface area contributed by atoms with Gasteiger partial charge in [-0.25, -0.2) is 0 Å². The predicted molar refractivity (Wildman–Crippen MR) is 89.5 cm³/mol. The smallest absolute Gasteiger partial charge is 0.0236 e. The summed E-state index contributed by atoms with van der Waals surface area (Å²) in [5.41, 5.74) is 1.46. The van der Waals surface area contributed by atoms with E-state index in [1.165, 1.54) is 57.2 Å². The third kappa shape index (κ3) is 4.08. The van der Waals surface area contributed by atoms with Crippen LogP contribution in [0, 0.1) is 5.92 Å². The van der Waals surface area contributed by atoms with Gasteiger partial charge >= 0.3 is 0 Å². The SMILES string of the molecule is CC1CCCCCC1N1CCNC(Cc2ccccc2)C1. The van der Waals surface area contributed by atoms with E-state index in [0.717, 1.165) is 18.5 Å². The number of hydrogen-bond acceptors (Lipinski definition) is 2. The Morgan fingerprint density at radius 1 is 1.10 bits per heavy atom. The average molecular weight is 286 g/mol. The molecule has 21 heavy (non-hydrogen) atoms. The van der Waals surface area contributed by atoms with Crippen LogP contribution in [-0.4, -0.2) is 36.6 Å². The molecular weight excluding hydrogens is 256 g/mol. The minimum atomic E-state index is 0.622. The van der Waals surface area contributed by atoms with Crippen LogP contribution in [0.4, 0.5) is 0 Å². The molecule has 0 aromatic heterocycles. The summed E-state index contributed by atoms with van der Waals surface area (Å²) in [5, 5.41) is 3.73. The predicted octanol–water partition coefficient (Wildman–Crippen LogP) is 3.47. The van der Waals surface area contributed by atoms with Gasteiger partial charge in [-0.2, -0.15) is 0 Å². The molecule has 2 nitrogen and oxygen atoms in total. The fraction of sp³-hybridized carbons (Fsp3) is 0.684. The number of piperazine rings is 1. The van der Waals surface area contributed by atoms with Gasteiger partial charge in [0.15, 0.2) is 0 Å². The molecule has 3 rings (SSSR count). The largest absolute Gasteiger partial charge is 0.311 e. The van der Waals surface area contributed by atoms with E-state index in [9.17, 15) is 0 Å². The number of benzene rings is 1. The molecule has 0 bridgehead atoms. The van der Waals surface area contributed by atoms with E-state index in [1.54, 1.807) is 0 Å².